The monoisotopic (exact) mass is 282 g/mol. The third-order valence-electron chi connectivity index (χ3n) is 4.21. The summed E-state index contributed by atoms with van der Waals surface area (Å²) in [5.74, 6) is 1.17. The van der Waals surface area contributed by atoms with Crippen molar-refractivity contribution >= 4 is 28.2 Å². The van der Waals surface area contributed by atoms with Crippen LogP contribution in [-0.2, 0) is 0 Å². The fourth-order valence-corrected chi connectivity index (χ4v) is 4.00. The lowest BCUT2D eigenvalue weighted by molar-refractivity contribution is 0.629. The lowest BCUT2D eigenvalue weighted by Gasteiger charge is -2.39. The van der Waals surface area contributed by atoms with Gasteiger partial charge < -0.3 is 4.90 Å². The Morgan fingerprint density at radius 1 is 1.15 bits per heavy atom. The number of hydrogen-bond acceptors (Lipinski definition) is 3. The Kier molecular flexibility index (Phi) is 3.58. The quantitative estimate of drug-likeness (QED) is 0.790. The maximum Gasteiger partial charge on any atom is 0.0998 e. The molecular weight excluding hydrogens is 264 g/mol. The molecule has 0 amide bonds. The van der Waals surface area contributed by atoms with Gasteiger partial charge in [0.15, 0.2) is 0 Å². The molecule has 1 aliphatic rings. The van der Waals surface area contributed by atoms with Gasteiger partial charge in [-0.05, 0) is 19.1 Å². The van der Waals surface area contributed by atoms with Crippen molar-refractivity contribution in [3.8, 4) is 6.07 Å². The van der Waals surface area contributed by atoms with Crippen LogP contribution >= 0.6 is 11.8 Å². The molecule has 3 rings (SSSR count). The van der Waals surface area contributed by atoms with Crippen LogP contribution in [0.1, 0.15) is 19.4 Å². The number of thioether (sulfide) groups is 1. The first-order valence-corrected chi connectivity index (χ1v) is 8.07. The predicted octanol–water partition coefficient (Wildman–Crippen LogP) is 4.04. The van der Waals surface area contributed by atoms with E-state index in [1.807, 2.05) is 30.0 Å². The smallest absolute Gasteiger partial charge is 0.0998 e. The maximum absolute atomic E-state index is 9.26. The standard InChI is InChI=1S/C17H18N2S/c1-12-13(2)20-10-9-19(12)17-8-7-14(11-18)15-5-3-4-6-16(15)17/h3-8,12-13H,9-10H2,1-2H3. The number of anilines is 1. The van der Waals surface area contributed by atoms with Crippen LogP contribution < -0.4 is 4.90 Å². The molecule has 1 fully saturated rings. The molecule has 1 saturated heterocycles. The summed E-state index contributed by atoms with van der Waals surface area (Å²) in [4.78, 5) is 2.49. The Hall–Kier alpha value is -1.66. The van der Waals surface area contributed by atoms with E-state index in [-0.39, 0.29) is 0 Å². The average Bonchev–Trinajstić information content (AvgIpc) is 2.49. The summed E-state index contributed by atoms with van der Waals surface area (Å²) < 4.78 is 0. The molecule has 1 heterocycles. The third-order valence-corrected chi connectivity index (χ3v) is 5.55. The number of benzene rings is 2. The summed E-state index contributed by atoms with van der Waals surface area (Å²) in [6.07, 6.45) is 0. The van der Waals surface area contributed by atoms with Crippen LogP contribution in [0, 0.1) is 11.3 Å². The number of rotatable bonds is 1. The zero-order valence-electron chi connectivity index (χ0n) is 11.8. The topological polar surface area (TPSA) is 27.0 Å². The first-order valence-electron chi connectivity index (χ1n) is 7.02. The van der Waals surface area contributed by atoms with Gasteiger partial charge in [0, 0.05) is 40.0 Å². The zero-order valence-corrected chi connectivity index (χ0v) is 12.7. The van der Waals surface area contributed by atoms with E-state index in [0.29, 0.717) is 11.3 Å². The molecule has 0 bridgehead atoms. The van der Waals surface area contributed by atoms with Crippen LogP contribution in [0.25, 0.3) is 10.8 Å². The summed E-state index contributed by atoms with van der Waals surface area (Å²) in [7, 11) is 0. The Labute approximate surface area is 124 Å². The first kappa shape index (κ1) is 13.3. The van der Waals surface area contributed by atoms with Gasteiger partial charge in [0.05, 0.1) is 11.6 Å². The van der Waals surface area contributed by atoms with Crippen LogP contribution in [0.5, 0.6) is 0 Å². The first-order chi connectivity index (χ1) is 9.72. The van der Waals surface area contributed by atoms with Crippen LogP contribution in [0.4, 0.5) is 5.69 Å². The average molecular weight is 282 g/mol. The molecule has 0 N–H and O–H groups in total. The van der Waals surface area contributed by atoms with Crippen molar-refractivity contribution in [1.82, 2.24) is 0 Å². The second-order valence-corrected chi connectivity index (χ2v) is 6.78. The van der Waals surface area contributed by atoms with Crippen LogP contribution in [0.2, 0.25) is 0 Å². The Bertz CT molecular complexity index is 674. The third kappa shape index (κ3) is 2.14. The number of fused-ring (bicyclic) bond motifs is 1. The van der Waals surface area contributed by atoms with Gasteiger partial charge in [0.2, 0.25) is 0 Å². The van der Waals surface area contributed by atoms with Gasteiger partial charge in [0.25, 0.3) is 0 Å². The second-order valence-electron chi connectivity index (χ2n) is 5.30. The van der Waals surface area contributed by atoms with Gasteiger partial charge in [-0.15, -0.1) is 0 Å². The summed E-state index contributed by atoms with van der Waals surface area (Å²) in [5.41, 5.74) is 2.02. The lowest BCUT2D eigenvalue weighted by atomic mass is 10.0. The number of hydrogen-bond donors (Lipinski definition) is 0. The molecule has 3 heteroatoms. The summed E-state index contributed by atoms with van der Waals surface area (Å²) in [5, 5.41) is 12.2. The van der Waals surface area contributed by atoms with Gasteiger partial charge in [-0.3, -0.25) is 0 Å². The summed E-state index contributed by atoms with van der Waals surface area (Å²) >= 11 is 2.04. The van der Waals surface area contributed by atoms with Crippen molar-refractivity contribution < 1.29 is 0 Å². The molecule has 0 spiro atoms. The van der Waals surface area contributed by atoms with Crippen LogP contribution in [-0.4, -0.2) is 23.6 Å². The van der Waals surface area contributed by atoms with Gasteiger partial charge in [-0.2, -0.15) is 17.0 Å². The Balaban J connectivity index is 2.15. The SMILES string of the molecule is CC1SCCN(c2ccc(C#N)c3ccccc23)C1C. The van der Waals surface area contributed by atoms with E-state index in [2.05, 4.69) is 43.0 Å². The Morgan fingerprint density at radius 3 is 2.65 bits per heavy atom. The van der Waals surface area contributed by atoms with E-state index >= 15 is 0 Å². The van der Waals surface area contributed by atoms with Gasteiger partial charge >= 0.3 is 0 Å². The largest absolute Gasteiger partial charge is 0.366 e. The van der Waals surface area contributed by atoms with Gasteiger partial charge in [0.1, 0.15) is 0 Å². The molecule has 0 aliphatic carbocycles. The molecule has 102 valence electrons. The van der Waals surface area contributed by atoms with Crippen molar-refractivity contribution in [1.29, 1.82) is 5.26 Å². The minimum Gasteiger partial charge on any atom is -0.366 e. The minimum atomic E-state index is 0.519. The van der Waals surface area contributed by atoms with Crippen molar-refractivity contribution in [2.24, 2.45) is 0 Å². The minimum absolute atomic E-state index is 0.519. The predicted molar refractivity (Wildman–Crippen MR) is 87.4 cm³/mol. The van der Waals surface area contributed by atoms with E-state index in [0.717, 1.165) is 17.5 Å². The molecule has 0 saturated carbocycles. The van der Waals surface area contributed by atoms with Crippen molar-refractivity contribution in [2.45, 2.75) is 25.1 Å². The van der Waals surface area contributed by atoms with E-state index in [1.165, 1.54) is 16.8 Å². The molecule has 2 aromatic carbocycles. The maximum atomic E-state index is 9.26. The van der Waals surface area contributed by atoms with Crippen molar-refractivity contribution in [3.05, 3.63) is 42.0 Å². The normalized spacial score (nSPS) is 22.8. The number of nitriles is 1. The van der Waals surface area contributed by atoms with Gasteiger partial charge in [-0.25, -0.2) is 0 Å². The summed E-state index contributed by atoms with van der Waals surface area (Å²) in [6, 6.07) is 15.1. The molecule has 0 aromatic heterocycles. The molecule has 2 atom stereocenters. The highest BCUT2D eigenvalue weighted by atomic mass is 32.2. The molecule has 2 nitrogen and oxygen atoms in total. The van der Waals surface area contributed by atoms with Gasteiger partial charge in [-0.1, -0.05) is 31.2 Å². The zero-order chi connectivity index (χ0) is 14.1. The highest BCUT2D eigenvalue weighted by Crippen LogP contribution is 2.34. The molecule has 0 radical (unpaired) electrons. The molecule has 1 aliphatic heterocycles. The van der Waals surface area contributed by atoms with E-state index < -0.39 is 0 Å². The lowest BCUT2D eigenvalue weighted by Crippen LogP contribution is -2.44. The highest BCUT2D eigenvalue weighted by molar-refractivity contribution is 8.00. The molecule has 20 heavy (non-hydrogen) atoms. The summed E-state index contributed by atoms with van der Waals surface area (Å²) in [6.45, 7) is 5.67. The fraction of sp³-hybridized carbons (Fsp3) is 0.353. The van der Waals surface area contributed by atoms with Crippen molar-refractivity contribution in [3.63, 3.8) is 0 Å². The van der Waals surface area contributed by atoms with E-state index in [1.54, 1.807) is 0 Å². The fourth-order valence-electron chi connectivity index (χ4n) is 2.90. The van der Waals surface area contributed by atoms with E-state index in [9.17, 15) is 5.26 Å². The highest BCUT2D eigenvalue weighted by Gasteiger charge is 2.26. The number of nitrogens with zero attached hydrogens (tertiary/aromatic N) is 2. The molecule has 2 unspecified atom stereocenters. The molecule has 2 aromatic rings. The van der Waals surface area contributed by atoms with Crippen molar-refractivity contribution in [2.75, 3.05) is 17.2 Å². The second kappa shape index (κ2) is 5.38. The Morgan fingerprint density at radius 2 is 1.90 bits per heavy atom. The van der Waals surface area contributed by atoms with Crippen LogP contribution in [0.3, 0.4) is 0 Å². The van der Waals surface area contributed by atoms with E-state index in [4.69, 9.17) is 0 Å². The molecular formula is C17H18N2S. The van der Waals surface area contributed by atoms with Crippen LogP contribution in [0.15, 0.2) is 36.4 Å².